The van der Waals surface area contributed by atoms with E-state index in [-0.39, 0.29) is 0 Å². The zero-order valence-electron chi connectivity index (χ0n) is 9.84. The molecule has 1 aliphatic carbocycles. The molecule has 0 nitrogen and oxygen atoms in total. The molecular formula is C13H26. The van der Waals surface area contributed by atoms with Gasteiger partial charge < -0.3 is 0 Å². The second-order valence-corrected chi connectivity index (χ2v) is 5.01. The van der Waals surface area contributed by atoms with E-state index in [1.807, 2.05) is 0 Å². The van der Waals surface area contributed by atoms with Crippen LogP contribution in [0, 0.1) is 23.7 Å². The number of hydrogen-bond donors (Lipinski definition) is 0. The van der Waals surface area contributed by atoms with Gasteiger partial charge in [0.05, 0.1) is 0 Å². The third-order valence-electron chi connectivity index (χ3n) is 4.46. The van der Waals surface area contributed by atoms with Gasteiger partial charge in [0.15, 0.2) is 0 Å². The highest BCUT2D eigenvalue weighted by molar-refractivity contribution is 4.82. The molecule has 0 N–H and O–H groups in total. The van der Waals surface area contributed by atoms with E-state index in [2.05, 4.69) is 27.7 Å². The maximum atomic E-state index is 2.48. The summed E-state index contributed by atoms with van der Waals surface area (Å²) in [5.41, 5.74) is 0. The molecule has 0 heteroatoms. The van der Waals surface area contributed by atoms with Crippen LogP contribution in [0.3, 0.4) is 0 Å². The Bertz CT molecular complexity index is 139. The first-order chi connectivity index (χ1) is 6.20. The van der Waals surface area contributed by atoms with Crippen molar-refractivity contribution < 1.29 is 0 Å². The number of hydrogen-bond acceptors (Lipinski definition) is 0. The van der Waals surface area contributed by atoms with Crippen LogP contribution in [0.1, 0.15) is 59.8 Å². The first-order valence-corrected chi connectivity index (χ1v) is 6.20. The highest BCUT2D eigenvalue weighted by Gasteiger charge is 2.31. The Labute approximate surface area is 84.1 Å². The maximum Gasteiger partial charge on any atom is -0.0358 e. The van der Waals surface area contributed by atoms with Crippen molar-refractivity contribution in [2.45, 2.75) is 59.8 Å². The van der Waals surface area contributed by atoms with Crippen LogP contribution in [0.25, 0.3) is 0 Å². The lowest BCUT2D eigenvalue weighted by Gasteiger charge is -2.29. The molecule has 4 atom stereocenters. The van der Waals surface area contributed by atoms with E-state index in [4.69, 9.17) is 0 Å². The highest BCUT2D eigenvalue weighted by Crippen LogP contribution is 2.41. The van der Waals surface area contributed by atoms with Crippen molar-refractivity contribution >= 4 is 0 Å². The Morgan fingerprint density at radius 1 is 1.15 bits per heavy atom. The Kier molecular flexibility index (Phi) is 4.28. The van der Waals surface area contributed by atoms with Gasteiger partial charge in [0, 0.05) is 0 Å². The quantitative estimate of drug-likeness (QED) is 0.600. The molecule has 1 aliphatic rings. The van der Waals surface area contributed by atoms with Gasteiger partial charge in [0.2, 0.25) is 0 Å². The molecule has 0 aromatic heterocycles. The Morgan fingerprint density at radius 2 is 1.85 bits per heavy atom. The molecule has 1 saturated carbocycles. The SMILES string of the molecule is CCC(C)C(C)C1CCCC1CC. The van der Waals surface area contributed by atoms with Crippen molar-refractivity contribution in [1.29, 1.82) is 0 Å². The Hall–Kier alpha value is 0. The smallest absolute Gasteiger partial charge is 0.0358 e. The normalized spacial score (nSPS) is 33.2. The lowest BCUT2D eigenvalue weighted by atomic mass is 9.76. The summed E-state index contributed by atoms with van der Waals surface area (Å²) in [5, 5.41) is 0. The van der Waals surface area contributed by atoms with Crippen molar-refractivity contribution in [3.05, 3.63) is 0 Å². The predicted molar refractivity (Wildman–Crippen MR) is 59.7 cm³/mol. The van der Waals surface area contributed by atoms with Gasteiger partial charge in [-0.05, 0) is 30.1 Å². The van der Waals surface area contributed by atoms with Gasteiger partial charge in [-0.1, -0.05) is 53.4 Å². The van der Waals surface area contributed by atoms with E-state index < -0.39 is 0 Å². The summed E-state index contributed by atoms with van der Waals surface area (Å²) in [6, 6.07) is 0. The molecule has 0 amide bonds. The van der Waals surface area contributed by atoms with Crippen LogP contribution in [0.15, 0.2) is 0 Å². The van der Waals surface area contributed by atoms with Gasteiger partial charge in [-0.15, -0.1) is 0 Å². The van der Waals surface area contributed by atoms with Crippen LogP contribution in [0.4, 0.5) is 0 Å². The van der Waals surface area contributed by atoms with Crippen LogP contribution in [-0.2, 0) is 0 Å². The average Bonchev–Trinajstić information content (AvgIpc) is 2.62. The van der Waals surface area contributed by atoms with Gasteiger partial charge in [0.25, 0.3) is 0 Å². The first-order valence-electron chi connectivity index (χ1n) is 6.20. The fourth-order valence-electron chi connectivity index (χ4n) is 3.06. The second kappa shape index (κ2) is 5.02. The molecule has 4 unspecified atom stereocenters. The van der Waals surface area contributed by atoms with Gasteiger partial charge in [-0.2, -0.15) is 0 Å². The largest absolute Gasteiger partial charge is 0.0651 e. The van der Waals surface area contributed by atoms with Gasteiger partial charge in [-0.3, -0.25) is 0 Å². The molecule has 0 spiro atoms. The van der Waals surface area contributed by atoms with Crippen LogP contribution in [0.2, 0.25) is 0 Å². The van der Waals surface area contributed by atoms with Crippen molar-refractivity contribution in [2.75, 3.05) is 0 Å². The minimum absolute atomic E-state index is 0.928. The Balaban J connectivity index is 2.49. The molecule has 78 valence electrons. The minimum Gasteiger partial charge on any atom is -0.0651 e. The van der Waals surface area contributed by atoms with Gasteiger partial charge in [-0.25, -0.2) is 0 Å². The summed E-state index contributed by atoms with van der Waals surface area (Å²) < 4.78 is 0. The fourth-order valence-corrected chi connectivity index (χ4v) is 3.06. The summed E-state index contributed by atoms with van der Waals surface area (Å²) in [5.74, 6) is 3.97. The summed E-state index contributed by atoms with van der Waals surface area (Å²) in [6.07, 6.45) is 7.26. The lowest BCUT2D eigenvalue weighted by molar-refractivity contribution is 0.203. The molecule has 0 saturated heterocycles. The zero-order chi connectivity index (χ0) is 9.84. The first kappa shape index (κ1) is 11.1. The summed E-state index contributed by atoms with van der Waals surface area (Å²) in [4.78, 5) is 0. The molecule has 1 fully saturated rings. The standard InChI is InChI=1S/C13H26/c1-5-10(3)11(4)13-9-7-8-12(13)6-2/h10-13H,5-9H2,1-4H3. The van der Waals surface area contributed by atoms with E-state index in [0.29, 0.717) is 0 Å². The average molecular weight is 182 g/mol. The molecule has 0 aromatic rings. The molecule has 0 radical (unpaired) electrons. The topological polar surface area (TPSA) is 0 Å². The summed E-state index contributed by atoms with van der Waals surface area (Å²) >= 11 is 0. The zero-order valence-corrected chi connectivity index (χ0v) is 9.84. The fraction of sp³-hybridized carbons (Fsp3) is 1.00. The molecule has 13 heavy (non-hydrogen) atoms. The van der Waals surface area contributed by atoms with Crippen molar-refractivity contribution in [3.63, 3.8) is 0 Å². The molecular weight excluding hydrogens is 156 g/mol. The minimum atomic E-state index is 0.928. The molecule has 1 rings (SSSR count). The third kappa shape index (κ3) is 2.48. The van der Waals surface area contributed by atoms with E-state index in [1.54, 1.807) is 0 Å². The van der Waals surface area contributed by atoms with E-state index in [1.165, 1.54) is 32.1 Å². The van der Waals surface area contributed by atoms with E-state index >= 15 is 0 Å². The van der Waals surface area contributed by atoms with Crippen LogP contribution >= 0.6 is 0 Å². The second-order valence-electron chi connectivity index (χ2n) is 5.01. The van der Waals surface area contributed by atoms with Gasteiger partial charge in [0.1, 0.15) is 0 Å². The van der Waals surface area contributed by atoms with Crippen LogP contribution in [-0.4, -0.2) is 0 Å². The van der Waals surface area contributed by atoms with E-state index in [9.17, 15) is 0 Å². The third-order valence-corrected chi connectivity index (χ3v) is 4.46. The summed E-state index contributed by atoms with van der Waals surface area (Å²) in [7, 11) is 0. The monoisotopic (exact) mass is 182 g/mol. The van der Waals surface area contributed by atoms with Crippen molar-refractivity contribution in [3.8, 4) is 0 Å². The molecule has 0 aliphatic heterocycles. The summed E-state index contributed by atoms with van der Waals surface area (Å²) in [6.45, 7) is 9.60. The highest BCUT2D eigenvalue weighted by atomic mass is 14.4. The van der Waals surface area contributed by atoms with Crippen molar-refractivity contribution in [1.82, 2.24) is 0 Å². The molecule has 0 aromatic carbocycles. The van der Waals surface area contributed by atoms with Crippen LogP contribution in [0.5, 0.6) is 0 Å². The lowest BCUT2D eigenvalue weighted by Crippen LogP contribution is -2.21. The molecule has 0 bridgehead atoms. The van der Waals surface area contributed by atoms with Gasteiger partial charge >= 0.3 is 0 Å². The molecule has 0 heterocycles. The van der Waals surface area contributed by atoms with E-state index in [0.717, 1.165) is 23.7 Å². The van der Waals surface area contributed by atoms with Crippen molar-refractivity contribution in [2.24, 2.45) is 23.7 Å². The Morgan fingerprint density at radius 3 is 2.38 bits per heavy atom. The number of rotatable bonds is 4. The predicted octanol–water partition coefficient (Wildman–Crippen LogP) is 4.49. The van der Waals surface area contributed by atoms with Crippen LogP contribution < -0.4 is 0 Å². The maximum absolute atomic E-state index is 2.48.